The number of methoxy groups -OCH3 is 1. The summed E-state index contributed by atoms with van der Waals surface area (Å²) in [5.74, 6) is -1.56. The van der Waals surface area contributed by atoms with Crippen LogP contribution in [0.1, 0.15) is 11.7 Å². The van der Waals surface area contributed by atoms with Crippen LogP contribution in [0.4, 0.5) is 8.78 Å². The van der Waals surface area contributed by atoms with Gasteiger partial charge in [-0.3, -0.25) is 0 Å². The maximum Gasteiger partial charge on any atom is 0.153 e. The number of benzene rings is 1. The number of carbonyl (C=O) groups excluding carboxylic acids is 1. The summed E-state index contributed by atoms with van der Waals surface area (Å²) >= 11 is 0. The molecule has 0 heterocycles. The van der Waals surface area contributed by atoms with Crippen LogP contribution in [0.2, 0.25) is 0 Å². The zero-order valence-corrected chi connectivity index (χ0v) is 6.96. The van der Waals surface area contributed by atoms with Crippen LogP contribution >= 0.6 is 0 Å². The molecule has 1 rings (SSSR count). The Balaban J connectivity index is 3.17. The van der Waals surface area contributed by atoms with Crippen LogP contribution in [0.15, 0.2) is 18.2 Å². The number of ether oxygens (including phenoxy) is 1. The molecule has 0 fully saturated rings. The van der Waals surface area contributed by atoms with Crippen molar-refractivity contribution in [3.8, 4) is 0 Å². The van der Waals surface area contributed by atoms with Gasteiger partial charge in [0.05, 0.1) is 5.56 Å². The van der Waals surface area contributed by atoms with Crippen LogP contribution in [-0.2, 0) is 9.53 Å². The third-order valence-electron chi connectivity index (χ3n) is 1.66. The Morgan fingerprint density at radius 1 is 1.38 bits per heavy atom. The smallest absolute Gasteiger partial charge is 0.153 e. The van der Waals surface area contributed by atoms with E-state index in [4.69, 9.17) is 0 Å². The number of carbonyl (C=O) groups is 1. The zero-order valence-electron chi connectivity index (χ0n) is 6.96. The molecule has 1 aromatic rings. The Hall–Kier alpha value is -1.29. The summed E-state index contributed by atoms with van der Waals surface area (Å²) in [5.41, 5.74) is -0.347. The van der Waals surface area contributed by atoms with Crippen molar-refractivity contribution in [2.24, 2.45) is 0 Å². The van der Waals surface area contributed by atoms with E-state index in [2.05, 4.69) is 4.74 Å². The van der Waals surface area contributed by atoms with Crippen molar-refractivity contribution < 1.29 is 18.3 Å². The van der Waals surface area contributed by atoms with E-state index in [0.717, 1.165) is 12.1 Å². The first-order valence-electron chi connectivity index (χ1n) is 3.62. The number of halogens is 2. The van der Waals surface area contributed by atoms with Crippen molar-refractivity contribution in [3.05, 3.63) is 35.4 Å². The molecule has 2 nitrogen and oxygen atoms in total. The molecule has 0 bridgehead atoms. The Bertz CT molecular complexity index is 292. The maximum atomic E-state index is 13.0. The number of aldehydes is 1. The molecule has 0 radical (unpaired) electrons. The first-order valence-corrected chi connectivity index (χ1v) is 3.62. The van der Waals surface area contributed by atoms with E-state index in [0.29, 0.717) is 6.29 Å². The van der Waals surface area contributed by atoms with Gasteiger partial charge in [-0.2, -0.15) is 0 Å². The first-order chi connectivity index (χ1) is 6.20. The summed E-state index contributed by atoms with van der Waals surface area (Å²) in [7, 11) is 1.21. The van der Waals surface area contributed by atoms with E-state index in [1.54, 1.807) is 0 Å². The molecule has 1 atom stereocenters. The van der Waals surface area contributed by atoms with Crippen LogP contribution in [0, 0.1) is 11.6 Å². The maximum absolute atomic E-state index is 13.0. The van der Waals surface area contributed by atoms with Gasteiger partial charge >= 0.3 is 0 Å². The second kappa shape index (κ2) is 4.09. The van der Waals surface area contributed by atoms with Crippen molar-refractivity contribution in [1.82, 2.24) is 0 Å². The Kier molecular flexibility index (Phi) is 3.08. The van der Waals surface area contributed by atoms with Gasteiger partial charge in [0, 0.05) is 7.11 Å². The average Bonchev–Trinajstić information content (AvgIpc) is 2.11. The third kappa shape index (κ3) is 1.89. The van der Waals surface area contributed by atoms with Crippen LogP contribution < -0.4 is 0 Å². The zero-order chi connectivity index (χ0) is 9.84. The summed E-state index contributed by atoms with van der Waals surface area (Å²) in [6.45, 7) is 0. The third-order valence-corrected chi connectivity index (χ3v) is 1.66. The summed E-state index contributed by atoms with van der Waals surface area (Å²) in [6, 6.07) is 3.38. The highest BCUT2D eigenvalue weighted by Gasteiger charge is 2.18. The van der Waals surface area contributed by atoms with Gasteiger partial charge in [-0.25, -0.2) is 8.78 Å². The van der Waals surface area contributed by atoms with Crippen LogP contribution in [0.25, 0.3) is 0 Å². The predicted molar refractivity (Wildman–Crippen MR) is 42.2 cm³/mol. The highest BCUT2D eigenvalue weighted by atomic mass is 19.1. The average molecular weight is 186 g/mol. The fraction of sp³-hybridized carbons (Fsp3) is 0.222. The fourth-order valence-corrected chi connectivity index (χ4v) is 1.02. The van der Waals surface area contributed by atoms with E-state index in [-0.39, 0.29) is 5.56 Å². The molecule has 13 heavy (non-hydrogen) atoms. The molecule has 0 aliphatic rings. The van der Waals surface area contributed by atoms with Gasteiger partial charge in [0.2, 0.25) is 0 Å². The van der Waals surface area contributed by atoms with Crippen LogP contribution in [0.5, 0.6) is 0 Å². The quantitative estimate of drug-likeness (QED) is 0.673. The lowest BCUT2D eigenvalue weighted by molar-refractivity contribution is -0.117. The molecule has 4 heteroatoms. The second-order valence-corrected chi connectivity index (χ2v) is 2.43. The molecule has 0 spiro atoms. The van der Waals surface area contributed by atoms with Gasteiger partial charge in [0.1, 0.15) is 17.7 Å². The molecule has 0 aromatic heterocycles. The van der Waals surface area contributed by atoms with Gasteiger partial charge in [0.15, 0.2) is 6.29 Å². The summed E-state index contributed by atoms with van der Waals surface area (Å²) < 4.78 is 30.6. The molecular formula is C9H8F2O2. The molecule has 1 aromatic carbocycles. The summed E-state index contributed by atoms with van der Waals surface area (Å²) in [6.07, 6.45) is -0.831. The molecule has 70 valence electrons. The minimum Gasteiger partial charge on any atom is -0.369 e. The van der Waals surface area contributed by atoms with Crippen molar-refractivity contribution >= 4 is 6.29 Å². The standard InChI is InChI=1S/C9H8F2O2/c1-13-8(5-12)9-6(10)3-2-4-7(9)11/h2-5,8H,1H3. The normalized spacial score (nSPS) is 12.5. The fourth-order valence-electron chi connectivity index (χ4n) is 1.02. The topological polar surface area (TPSA) is 26.3 Å². The Morgan fingerprint density at radius 3 is 2.31 bits per heavy atom. The number of hydrogen-bond donors (Lipinski definition) is 0. The molecule has 0 saturated heterocycles. The lowest BCUT2D eigenvalue weighted by atomic mass is 10.1. The molecule has 0 saturated carbocycles. The first kappa shape index (κ1) is 9.80. The molecular weight excluding hydrogens is 178 g/mol. The highest BCUT2D eigenvalue weighted by Crippen LogP contribution is 2.21. The van der Waals surface area contributed by atoms with Gasteiger partial charge in [0.25, 0.3) is 0 Å². The van der Waals surface area contributed by atoms with E-state index in [9.17, 15) is 13.6 Å². The SMILES string of the molecule is COC(C=O)c1c(F)cccc1F. The Labute approximate surface area is 74.1 Å². The second-order valence-electron chi connectivity index (χ2n) is 2.43. The number of rotatable bonds is 3. The molecule has 1 unspecified atom stereocenters. The van der Waals surface area contributed by atoms with Crippen molar-refractivity contribution in [1.29, 1.82) is 0 Å². The lowest BCUT2D eigenvalue weighted by Crippen LogP contribution is -2.07. The van der Waals surface area contributed by atoms with E-state index in [1.165, 1.54) is 13.2 Å². The summed E-state index contributed by atoms with van der Waals surface area (Å²) in [4.78, 5) is 10.4. The van der Waals surface area contributed by atoms with Crippen molar-refractivity contribution in [2.45, 2.75) is 6.10 Å². The largest absolute Gasteiger partial charge is 0.369 e. The van der Waals surface area contributed by atoms with Gasteiger partial charge in [-0.05, 0) is 12.1 Å². The Morgan fingerprint density at radius 2 is 1.92 bits per heavy atom. The predicted octanol–water partition coefficient (Wildman–Crippen LogP) is 1.85. The summed E-state index contributed by atoms with van der Waals surface area (Å²) in [5, 5.41) is 0. The van der Waals surface area contributed by atoms with E-state index in [1.807, 2.05) is 0 Å². The molecule has 0 aliphatic heterocycles. The molecule has 0 N–H and O–H groups in total. The number of hydrogen-bond acceptors (Lipinski definition) is 2. The van der Waals surface area contributed by atoms with Crippen molar-refractivity contribution in [2.75, 3.05) is 7.11 Å². The highest BCUT2D eigenvalue weighted by molar-refractivity contribution is 5.60. The van der Waals surface area contributed by atoms with Crippen molar-refractivity contribution in [3.63, 3.8) is 0 Å². The van der Waals surface area contributed by atoms with Gasteiger partial charge < -0.3 is 9.53 Å². The van der Waals surface area contributed by atoms with Gasteiger partial charge in [-0.15, -0.1) is 0 Å². The molecule has 0 amide bonds. The van der Waals surface area contributed by atoms with Gasteiger partial charge in [-0.1, -0.05) is 6.07 Å². The minimum absolute atomic E-state index is 0.347. The monoisotopic (exact) mass is 186 g/mol. The van der Waals surface area contributed by atoms with Crippen LogP contribution in [-0.4, -0.2) is 13.4 Å². The van der Waals surface area contributed by atoms with E-state index < -0.39 is 17.7 Å². The van der Waals surface area contributed by atoms with Crippen LogP contribution in [0.3, 0.4) is 0 Å². The van der Waals surface area contributed by atoms with E-state index >= 15 is 0 Å². The minimum atomic E-state index is -1.18. The lowest BCUT2D eigenvalue weighted by Gasteiger charge is -2.09. The molecule has 0 aliphatic carbocycles.